The predicted molar refractivity (Wildman–Crippen MR) is 127 cm³/mol. The summed E-state index contributed by atoms with van der Waals surface area (Å²) in [5.74, 6) is 0. The molecule has 0 atom stereocenters. The second-order valence-electron chi connectivity index (χ2n) is 7.12. The Hall–Kier alpha value is -2.40. The van der Waals surface area contributed by atoms with Crippen molar-refractivity contribution < 1.29 is 0 Å². The first-order valence-corrected chi connectivity index (χ1v) is 10.4. The molecule has 0 spiro atoms. The molecule has 0 heterocycles. The fourth-order valence-corrected chi connectivity index (χ4v) is 3.43. The molecule has 0 unspecified atom stereocenters. The molecule has 0 aliphatic heterocycles. The van der Waals surface area contributed by atoms with E-state index in [9.17, 15) is 0 Å². The average molecular weight is 397 g/mol. The van der Waals surface area contributed by atoms with E-state index in [1.807, 2.05) is 0 Å². The van der Waals surface area contributed by atoms with Crippen molar-refractivity contribution in [1.82, 2.24) is 5.43 Å². The zero-order valence-electron chi connectivity index (χ0n) is 17.7. The largest absolute Gasteiger partial charge is 0.372 e. The summed E-state index contributed by atoms with van der Waals surface area (Å²) in [6.07, 6.45) is 4.21. The molecule has 0 saturated heterocycles. The maximum absolute atomic E-state index is 5.37. The van der Waals surface area contributed by atoms with E-state index in [1.54, 1.807) is 6.21 Å². The van der Waals surface area contributed by atoms with Crippen molar-refractivity contribution in [2.75, 3.05) is 23.3 Å². The lowest BCUT2D eigenvalue weighted by molar-refractivity contribution is 0.732. The SMILES string of the molecule is CCCCN(CC)c1ccc(/C=N\NC(=S)Nc2c(C)cc(C)cc2C)cc1. The van der Waals surface area contributed by atoms with Gasteiger partial charge in [-0.2, -0.15) is 5.10 Å². The highest BCUT2D eigenvalue weighted by Crippen LogP contribution is 2.21. The Balaban J connectivity index is 1.93. The number of hydrazone groups is 1. The van der Waals surface area contributed by atoms with Gasteiger partial charge in [0.25, 0.3) is 0 Å². The Kier molecular flexibility index (Phi) is 8.45. The molecule has 2 rings (SSSR count). The molecule has 0 bridgehead atoms. The Labute approximate surface area is 175 Å². The van der Waals surface area contributed by atoms with E-state index in [4.69, 9.17) is 12.2 Å². The number of unbranched alkanes of at least 4 members (excludes halogenated alkanes) is 1. The molecule has 0 aromatic heterocycles. The smallest absolute Gasteiger partial charge is 0.191 e. The van der Waals surface area contributed by atoms with E-state index < -0.39 is 0 Å². The number of thiocarbonyl (C=S) groups is 1. The van der Waals surface area contributed by atoms with Gasteiger partial charge in [0.1, 0.15) is 0 Å². The van der Waals surface area contributed by atoms with E-state index in [0.29, 0.717) is 5.11 Å². The van der Waals surface area contributed by atoms with Crippen LogP contribution in [0.5, 0.6) is 0 Å². The summed E-state index contributed by atoms with van der Waals surface area (Å²) in [5, 5.41) is 8.00. The third-order valence-electron chi connectivity index (χ3n) is 4.72. The standard InChI is InChI=1S/C23H32N4S/c1-6-8-13-27(7-2)21-11-9-20(10-12-21)16-24-26-23(28)25-22-18(4)14-17(3)15-19(22)5/h9-12,14-16H,6-8,13H2,1-5H3,(H2,25,26,28)/b24-16-. The van der Waals surface area contributed by atoms with Gasteiger partial charge in [0.05, 0.1) is 6.21 Å². The number of hydrogen-bond acceptors (Lipinski definition) is 3. The minimum absolute atomic E-state index is 0.486. The van der Waals surface area contributed by atoms with Crippen LogP contribution in [0.4, 0.5) is 11.4 Å². The second kappa shape index (κ2) is 10.8. The van der Waals surface area contributed by atoms with E-state index in [1.165, 1.54) is 35.2 Å². The van der Waals surface area contributed by atoms with Crippen LogP contribution in [0.15, 0.2) is 41.5 Å². The Morgan fingerprint density at radius 3 is 2.29 bits per heavy atom. The third-order valence-corrected chi connectivity index (χ3v) is 4.91. The first-order valence-electron chi connectivity index (χ1n) is 9.97. The fraction of sp³-hybridized carbons (Fsp3) is 0.391. The van der Waals surface area contributed by atoms with E-state index in [2.05, 4.69) is 91.8 Å². The summed E-state index contributed by atoms with van der Waals surface area (Å²) in [6, 6.07) is 12.7. The second-order valence-corrected chi connectivity index (χ2v) is 7.53. The molecule has 4 nitrogen and oxygen atoms in total. The molecular weight excluding hydrogens is 364 g/mol. The lowest BCUT2D eigenvalue weighted by Crippen LogP contribution is -2.25. The highest BCUT2D eigenvalue weighted by Gasteiger charge is 2.05. The first kappa shape index (κ1) is 21.9. The minimum Gasteiger partial charge on any atom is -0.372 e. The first-order chi connectivity index (χ1) is 13.4. The van der Waals surface area contributed by atoms with Gasteiger partial charge in [-0.25, -0.2) is 0 Å². The van der Waals surface area contributed by atoms with Crippen molar-refractivity contribution in [1.29, 1.82) is 0 Å². The molecule has 0 amide bonds. The topological polar surface area (TPSA) is 39.7 Å². The molecule has 0 saturated carbocycles. The van der Waals surface area contributed by atoms with Crippen LogP contribution in [0.2, 0.25) is 0 Å². The molecule has 0 aliphatic rings. The van der Waals surface area contributed by atoms with Gasteiger partial charge >= 0.3 is 0 Å². The van der Waals surface area contributed by atoms with Gasteiger partial charge in [-0.3, -0.25) is 5.43 Å². The maximum Gasteiger partial charge on any atom is 0.191 e. The molecule has 5 heteroatoms. The number of benzene rings is 2. The van der Waals surface area contributed by atoms with Crippen molar-refractivity contribution in [3.8, 4) is 0 Å². The van der Waals surface area contributed by atoms with E-state index in [0.717, 1.165) is 24.3 Å². The minimum atomic E-state index is 0.486. The van der Waals surface area contributed by atoms with Crippen LogP contribution in [-0.2, 0) is 0 Å². The Bertz CT molecular complexity index is 789. The molecular formula is C23H32N4S. The lowest BCUT2D eigenvalue weighted by Gasteiger charge is -2.22. The quantitative estimate of drug-likeness (QED) is 0.348. The number of anilines is 2. The maximum atomic E-state index is 5.37. The third kappa shape index (κ3) is 6.34. The number of rotatable bonds is 8. The van der Waals surface area contributed by atoms with Crippen LogP contribution in [0.25, 0.3) is 0 Å². The monoisotopic (exact) mass is 396 g/mol. The molecule has 28 heavy (non-hydrogen) atoms. The van der Waals surface area contributed by atoms with E-state index >= 15 is 0 Å². The number of aryl methyl sites for hydroxylation is 3. The summed E-state index contributed by atoms with van der Waals surface area (Å²) in [6.45, 7) is 12.8. The van der Waals surface area contributed by atoms with Gasteiger partial charge in [-0.05, 0) is 75.2 Å². The van der Waals surface area contributed by atoms with Gasteiger partial charge in [0.2, 0.25) is 0 Å². The summed E-state index contributed by atoms with van der Waals surface area (Å²) in [7, 11) is 0. The number of nitrogens with one attached hydrogen (secondary N) is 2. The van der Waals surface area contributed by atoms with Crippen molar-refractivity contribution in [3.05, 3.63) is 58.7 Å². The van der Waals surface area contributed by atoms with Crippen LogP contribution in [0.3, 0.4) is 0 Å². The van der Waals surface area contributed by atoms with Crippen LogP contribution < -0.4 is 15.6 Å². The zero-order valence-corrected chi connectivity index (χ0v) is 18.5. The van der Waals surface area contributed by atoms with Gasteiger partial charge in [0, 0.05) is 24.5 Å². The Morgan fingerprint density at radius 2 is 1.71 bits per heavy atom. The summed E-state index contributed by atoms with van der Waals surface area (Å²) < 4.78 is 0. The fourth-order valence-electron chi connectivity index (χ4n) is 3.27. The van der Waals surface area contributed by atoms with Gasteiger partial charge < -0.3 is 10.2 Å². The van der Waals surface area contributed by atoms with Crippen molar-refractivity contribution in [2.24, 2.45) is 5.10 Å². The van der Waals surface area contributed by atoms with Crippen molar-refractivity contribution in [3.63, 3.8) is 0 Å². The van der Waals surface area contributed by atoms with Crippen LogP contribution in [0, 0.1) is 20.8 Å². The van der Waals surface area contributed by atoms with Crippen LogP contribution in [0.1, 0.15) is 48.9 Å². The number of nitrogens with zero attached hydrogens (tertiary/aromatic N) is 2. The highest BCUT2D eigenvalue weighted by atomic mass is 32.1. The molecule has 2 aromatic rings. The predicted octanol–water partition coefficient (Wildman–Crippen LogP) is 5.56. The molecule has 0 aliphatic carbocycles. The average Bonchev–Trinajstić information content (AvgIpc) is 2.66. The Morgan fingerprint density at radius 1 is 1.07 bits per heavy atom. The van der Waals surface area contributed by atoms with E-state index in [-0.39, 0.29) is 0 Å². The molecule has 0 radical (unpaired) electrons. The van der Waals surface area contributed by atoms with Crippen LogP contribution in [-0.4, -0.2) is 24.4 Å². The molecule has 2 aromatic carbocycles. The summed E-state index contributed by atoms with van der Waals surface area (Å²) >= 11 is 5.37. The molecule has 150 valence electrons. The van der Waals surface area contributed by atoms with Gasteiger partial charge in [-0.1, -0.05) is 43.2 Å². The number of hydrogen-bond donors (Lipinski definition) is 2. The summed E-state index contributed by atoms with van der Waals surface area (Å²) in [5.41, 5.74) is 9.82. The van der Waals surface area contributed by atoms with Crippen molar-refractivity contribution in [2.45, 2.75) is 47.5 Å². The van der Waals surface area contributed by atoms with Crippen molar-refractivity contribution >= 4 is 34.9 Å². The molecule has 2 N–H and O–H groups in total. The molecule has 0 fully saturated rings. The summed E-state index contributed by atoms with van der Waals surface area (Å²) in [4.78, 5) is 2.40. The van der Waals surface area contributed by atoms with Gasteiger partial charge in [-0.15, -0.1) is 0 Å². The normalized spacial score (nSPS) is 10.9. The lowest BCUT2D eigenvalue weighted by atomic mass is 10.1. The zero-order chi connectivity index (χ0) is 20.5. The van der Waals surface area contributed by atoms with Gasteiger partial charge in [0.15, 0.2) is 5.11 Å². The highest BCUT2D eigenvalue weighted by molar-refractivity contribution is 7.80. The van der Waals surface area contributed by atoms with Crippen LogP contribution >= 0.6 is 12.2 Å².